The number of carbonyl (C=O) groups excluding carboxylic acids is 6. The monoisotopic (exact) mass is 690 g/mol. The van der Waals surface area contributed by atoms with Crippen LogP contribution in [-0.2, 0) is 48.0 Å². The summed E-state index contributed by atoms with van der Waals surface area (Å²) >= 11 is 0. The molecule has 0 saturated carbocycles. The largest absolute Gasteiger partial charge is 0.481 e. The molecule has 3 aromatic carbocycles. The molecule has 0 N–H and O–H groups in total. The van der Waals surface area contributed by atoms with Crippen LogP contribution in [0.2, 0.25) is 0 Å². The molecule has 9 heteroatoms. The van der Waals surface area contributed by atoms with Crippen LogP contribution in [0.1, 0.15) is 37.5 Å². The van der Waals surface area contributed by atoms with Crippen LogP contribution >= 0.6 is 0 Å². The molecule has 0 saturated heterocycles. The Hall–Kier alpha value is -6.24. The number of Topliss-reactive ketones (excluding diaryl/α,β-unsaturated/α-hetero) is 3. The van der Waals surface area contributed by atoms with Crippen molar-refractivity contribution in [2.24, 2.45) is 17.8 Å². The van der Waals surface area contributed by atoms with Crippen molar-refractivity contribution in [3.63, 3.8) is 0 Å². The van der Waals surface area contributed by atoms with Gasteiger partial charge in [0.15, 0.2) is 0 Å². The van der Waals surface area contributed by atoms with Crippen molar-refractivity contribution in [2.45, 2.75) is 40.0 Å². The minimum absolute atomic E-state index is 0.102. The maximum absolute atomic E-state index is 11.3. The highest BCUT2D eigenvalue weighted by Gasteiger charge is 2.19. The van der Waals surface area contributed by atoms with Crippen molar-refractivity contribution in [1.29, 1.82) is 0 Å². The van der Waals surface area contributed by atoms with Gasteiger partial charge in [-0.05, 0) is 93.1 Å². The first-order valence-corrected chi connectivity index (χ1v) is 15.8. The number of ether oxygens (including phenoxy) is 3. The summed E-state index contributed by atoms with van der Waals surface area (Å²) in [5.74, 6) is 7.15. The number of benzene rings is 3. The van der Waals surface area contributed by atoms with Gasteiger partial charge in [-0.3, -0.25) is 14.4 Å². The van der Waals surface area contributed by atoms with Crippen molar-refractivity contribution in [1.82, 2.24) is 0 Å². The first-order valence-electron chi connectivity index (χ1n) is 15.8. The normalized spacial score (nSPS) is 10.2. The lowest BCUT2D eigenvalue weighted by Crippen LogP contribution is -2.21. The van der Waals surface area contributed by atoms with Crippen LogP contribution in [0.4, 0.5) is 0 Å². The average molecular weight is 691 g/mol. The van der Waals surface area contributed by atoms with Crippen LogP contribution in [0.25, 0.3) is 0 Å². The maximum atomic E-state index is 11.3. The van der Waals surface area contributed by atoms with E-state index in [2.05, 4.69) is 17.8 Å². The van der Waals surface area contributed by atoms with E-state index in [0.29, 0.717) is 55.4 Å². The van der Waals surface area contributed by atoms with Gasteiger partial charge in [0.2, 0.25) is 0 Å². The Morgan fingerprint density at radius 1 is 0.529 bits per heavy atom. The molecule has 3 aromatic rings. The van der Waals surface area contributed by atoms with Gasteiger partial charge in [0, 0.05) is 0 Å². The van der Waals surface area contributed by atoms with Crippen LogP contribution < -0.4 is 14.2 Å². The number of terminal acetylenes is 3. The fourth-order valence-corrected chi connectivity index (χ4v) is 4.29. The molecule has 1 unspecified atom stereocenters. The number of rotatable bonds is 18. The molecule has 51 heavy (non-hydrogen) atoms. The summed E-state index contributed by atoms with van der Waals surface area (Å²) in [6.07, 6.45) is 18.5. The van der Waals surface area contributed by atoms with E-state index in [9.17, 15) is 28.8 Å². The molecule has 0 aromatic heterocycles. The molecule has 264 valence electrons. The Bertz CT molecular complexity index is 1660. The van der Waals surface area contributed by atoms with E-state index in [-0.39, 0.29) is 37.2 Å². The molecule has 0 aliphatic rings. The van der Waals surface area contributed by atoms with Crippen molar-refractivity contribution >= 4 is 36.2 Å². The molecule has 1 atom stereocenters. The van der Waals surface area contributed by atoms with E-state index in [1.165, 1.54) is 20.8 Å². The van der Waals surface area contributed by atoms with Gasteiger partial charge in [-0.1, -0.05) is 54.2 Å². The summed E-state index contributed by atoms with van der Waals surface area (Å²) < 4.78 is 15.6. The van der Waals surface area contributed by atoms with Gasteiger partial charge >= 0.3 is 0 Å². The first-order chi connectivity index (χ1) is 24.5. The smallest absolute Gasteiger partial charge is 0.148 e. The lowest BCUT2D eigenvalue weighted by molar-refractivity contribution is -0.130. The highest BCUT2D eigenvalue weighted by Crippen LogP contribution is 2.17. The zero-order valence-electron chi connectivity index (χ0n) is 29.0. The van der Waals surface area contributed by atoms with Crippen molar-refractivity contribution in [2.75, 3.05) is 19.8 Å². The Morgan fingerprint density at radius 2 is 0.863 bits per heavy atom. The van der Waals surface area contributed by atoms with Crippen molar-refractivity contribution in [3.05, 3.63) is 89.5 Å². The zero-order chi connectivity index (χ0) is 38.0. The number of hydrogen-bond acceptors (Lipinski definition) is 9. The minimum atomic E-state index is -0.572. The third-order valence-corrected chi connectivity index (χ3v) is 7.12. The Morgan fingerprint density at radius 3 is 1.14 bits per heavy atom. The summed E-state index contributed by atoms with van der Waals surface area (Å²) in [5, 5.41) is 0. The Balaban J connectivity index is 0.000000383. The topological polar surface area (TPSA) is 130 Å². The summed E-state index contributed by atoms with van der Waals surface area (Å²) in [4.78, 5) is 65.4. The van der Waals surface area contributed by atoms with Crippen molar-refractivity contribution < 1.29 is 43.0 Å². The Kier molecular flexibility index (Phi) is 20.8. The van der Waals surface area contributed by atoms with E-state index in [4.69, 9.17) is 33.5 Å². The SMILES string of the molecule is C#CCOc1ccc(CC(C(C)=O)C(C)=O)cc1.C#CCOc1ccc(CC(C=O)C(C)=O)cc1.C#CCOc1ccc(CC(C=O)C=O)cc1. The quantitative estimate of drug-likeness (QED) is 0.104. The third-order valence-electron chi connectivity index (χ3n) is 7.12. The second-order valence-corrected chi connectivity index (χ2v) is 11.1. The van der Waals surface area contributed by atoms with Crippen LogP contribution in [0.5, 0.6) is 17.2 Å². The van der Waals surface area contributed by atoms with Crippen LogP contribution in [0, 0.1) is 54.8 Å². The summed E-state index contributed by atoms with van der Waals surface area (Å²) in [6.45, 7) is 4.98. The minimum Gasteiger partial charge on any atom is -0.481 e. The number of carbonyl (C=O) groups is 6. The third kappa shape index (κ3) is 17.6. The van der Waals surface area contributed by atoms with Gasteiger partial charge in [-0.15, -0.1) is 19.3 Å². The van der Waals surface area contributed by atoms with Gasteiger partial charge in [-0.2, -0.15) is 0 Å². The molecule has 0 amide bonds. The predicted molar refractivity (Wildman–Crippen MR) is 194 cm³/mol. The highest BCUT2D eigenvalue weighted by molar-refractivity contribution is 6.00. The molecule has 0 radical (unpaired) electrons. The van der Waals surface area contributed by atoms with Crippen LogP contribution in [0.3, 0.4) is 0 Å². The lowest BCUT2D eigenvalue weighted by Gasteiger charge is -2.10. The first kappa shape index (κ1) is 42.8. The number of aldehydes is 3. The Labute approximate surface area is 300 Å². The van der Waals surface area contributed by atoms with Gasteiger partial charge in [0.25, 0.3) is 0 Å². The van der Waals surface area contributed by atoms with E-state index in [0.717, 1.165) is 16.7 Å². The summed E-state index contributed by atoms with van der Waals surface area (Å²) in [5.41, 5.74) is 2.76. The van der Waals surface area contributed by atoms with E-state index in [1.54, 1.807) is 36.4 Å². The second-order valence-electron chi connectivity index (χ2n) is 11.1. The van der Waals surface area contributed by atoms with E-state index >= 15 is 0 Å². The van der Waals surface area contributed by atoms with Gasteiger partial charge in [-0.25, -0.2) is 0 Å². The molecule has 0 bridgehead atoms. The van der Waals surface area contributed by atoms with Crippen LogP contribution in [-0.4, -0.2) is 56.0 Å². The predicted octanol–water partition coefficient (Wildman–Crippen LogP) is 4.94. The lowest BCUT2D eigenvalue weighted by atomic mass is 9.93. The molecular formula is C42H42O9. The molecule has 0 heterocycles. The fourth-order valence-electron chi connectivity index (χ4n) is 4.29. The average Bonchev–Trinajstić information content (AvgIpc) is 3.14. The van der Waals surface area contributed by atoms with Gasteiger partial charge in [0.05, 0.1) is 17.8 Å². The van der Waals surface area contributed by atoms with Gasteiger partial charge in [0.1, 0.15) is 73.3 Å². The molecule has 0 spiro atoms. The molecular weight excluding hydrogens is 648 g/mol. The summed E-state index contributed by atoms with van der Waals surface area (Å²) in [6, 6.07) is 21.6. The summed E-state index contributed by atoms with van der Waals surface area (Å²) in [7, 11) is 0. The molecule has 9 nitrogen and oxygen atoms in total. The van der Waals surface area contributed by atoms with E-state index in [1.807, 2.05) is 36.4 Å². The van der Waals surface area contributed by atoms with Crippen LogP contribution in [0.15, 0.2) is 72.8 Å². The van der Waals surface area contributed by atoms with Gasteiger partial charge < -0.3 is 28.6 Å². The molecule has 3 rings (SSSR count). The molecule has 0 aliphatic heterocycles. The molecule has 0 fully saturated rings. The maximum Gasteiger partial charge on any atom is 0.148 e. The fraction of sp³-hybridized carbons (Fsp3) is 0.286. The highest BCUT2D eigenvalue weighted by atomic mass is 16.5. The second kappa shape index (κ2) is 24.8. The van der Waals surface area contributed by atoms with E-state index < -0.39 is 17.8 Å². The zero-order valence-corrected chi connectivity index (χ0v) is 29.0. The molecule has 0 aliphatic carbocycles. The number of hydrogen-bond donors (Lipinski definition) is 0. The standard InChI is InChI=1S/C15H16O3.C14H14O3.C13H12O3/c1-4-9-18-14-7-5-13(6-8-14)10-15(11(2)16)12(3)17;1-3-8-17-14-6-4-12(5-7-14)9-13(10-15)11(2)16;1-2-7-16-13-5-3-11(4-6-13)8-12(9-14)10-15/h1,5-8,15H,9-10H2,2-3H3;1,4-7,10,13H,8-9H2,2H3;1,3-6,9-10,12H,7-8H2. The van der Waals surface area contributed by atoms with Crippen molar-refractivity contribution in [3.8, 4) is 54.3 Å². The number of ketones is 3.